The van der Waals surface area contributed by atoms with Gasteiger partial charge in [0.05, 0.1) is 17.5 Å². The molecule has 2 aromatic carbocycles. The van der Waals surface area contributed by atoms with Crippen molar-refractivity contribution in [2.24, 2.45) is 0 Å². The highest BCUT2D eigenvalue weighted by Crippen LogP contribution is 2.30. The molecular weight excluding hydrogens is 421 g/mol. The molecule has 0 bridgehead atoms. The fourth-order valence-corrected chi connectivity index (χ4v) is 3.35. The standard InChI is InChI=1S/C18H11BrFN3O2S/c19-14-4-2-1-3-13(14)17-23-22-16(25-17)10-26-18-21-9-15(24-18)11-5-7-12(20)8-6-11/h1-9H,10H2. The molecule has 0 N–H and O–H groups in total. The summed E-state index contributed by atoms with van der Waals surface area (Å²) < 4.78 is 25.2. The summed E-state index contributed by atoms with van der Waals surface area (Å²) in [4.78, 5) is 4.21. The molecule has 4 aromatic rings. The van der Waals surface area contributed by atoms with Gasteiger partial charge in [0.1, 0.15) is 5.82 Å². The summed E-state index contributed by atoms with van der Waals surface area (Å²) in [6, 6.07) is 13.7. The van der Waals surface area contributed by atoms with Crippen molar-refractivity contribution >= 4 is 27.7 Å². The van der Waals surface area contributed by atoms with Crippen LogP contribution in [0.5, 0.6) is 0 Å². The predicted octanol–water partition coefficient (Wildman–Crippen LogP) is 5.59. The molecule has 0 aliphatic rings. The number of hydrogen-bond acceptors (Lipinski definition) is 6. The zero-order valence-corrected chi connectivity index (χ0v) is 15.6. The molecule has 0 saturated heterocycles. The molecule has 5 nitrogen and oxygen atoms in total. The van der Waals surface area contributed by atoms with Crippen LogP contribution in [0.25, 0.3) is 22.8 Å². The average molecular weight is 432 g/mol. The summed E-state index contributed by atoms with van der Waals surface area (Å²) >= 11 is 4.81. The summed E-state index contributed by atoms with van der Waals surface area (Å²) in [5.41, 5.74) is 1.60. The first kappa shape index (κ1) is 17.0. The first-order chi connectivity index (χ1) is 12.7. The molecule has 2 heterocycles. The van der Waals surface area contributed by atoms with Gasteiger partial charge in [0.25, 0.3) is 5.22 Å². The zero-order valence-electron chi connectivity index (χ0n) is 13.2. The smallest absolute Gasteiger partial charge is 0.256 e. The molecule has 26 heavy (non-hydrogen) atoms. The maximum Gasteiger partial charge on any atom is 0.256 e. The van der Waals surface area contributed by atoms with E-state index in [0.29, 0.717) is 28.5 Å². The minimum Gasteiger partial charge on any atom is -0.431 e. The molecular formula is C18H11BrFN3O2S. The van der Waals surface area contributed by atoms with Crippen LogP contribution in [0, 0.1) is 5.82 Å². The van der Waals surface area contributed by atoms with E-state index in [1.54, 1.807) is 18.3 Å². The van der Waals surface area contributed by atoms with E-state index in [9.17, 15) is 4.39 Å². The van der Waals surface area contributed by atoms with Crippen molar-refractivity contribution in [2.75, 3.05) is 0 Å². The number of halogens is 2. The molecule has 0 spiro atoms. The van der Waals surface area contributed by atoms with E-state index in [1.165, 1.54) is 23.9 Å². The number of thioether (sulfide) groups is 1. The number of hydrogen-bond donors (Lipinski definition) is 0. The van der Waals surface area contributed by atoms with E-state index in [4.69, 9.17) is 8.83 Å². The molecule has 8 heteroatoms. The van der Waals surface area contributed by atoms with Crippen LogP contribution in [0.15, 0.2) is 73.3 Å². The quantitative estimate of drug-likeness (QED) is 0.384. The first-order valence-corrected chi connectivity index (χ1v) is 9.39. The summed E-state index contributed by atoms with van der Waals surface area (Å²) in [7, 11) is 0. The fourth-order valence-electron chi connectivity index (χ4n) is 2.25. The first-order valence-electron chi connectivity index (χ1n) is 7.61. The molecule has 4 rings (SSSR count). The summed E-state index contributed by atoms with van der Waals surface area (Å²) in [6.07, 6.45) is 1.61. The Morgan fingerprint density at radius 3 is 2.62 bits per heavy atom. The fraction of sp³-hybridized carbons (Fsp3) is 0.0556. The van der Waals surface area contributed by atoms with E-state index >= 15 is 0 Å². The van der Waals surface area contributed by atoms with Crippen LogP contribution in [-0.4, -0.2) is 15.2 Å². The summed E-state index contributed by atoms with van der Waals surface area (Å²) in [5, 5.41) is 8.60. The highest BCUT2D eigenvalue weighted by molar-refractivity contribution is 9.10. The van der Waals surface area contributed by atoms with Gasteiger partial charge in [-0.05, 0) is 52.3 Å². The van der Waals surface area contributed by atoms with Gasteiger partial charge in [0.15, 0.2) is 5.76 Å². The third kappa shape index (κ3) is 3.71. The molecule has 0 amide bonds. The van der Waals surface area contributed by atoms with Crippen molar-refractivity contribution in [3.63, 3.8) is 0 Å². The SMILES string of the molecule is Fc1ccc(-c2cnc(SCc3nnc(-c4ccccc4Br)o3)o2)cc1. The van der Waals surface area contributed by atoms with Crippen molar-refractivity contribution in [3.8, 4) is 22.8 Å². The Balaban J connectivity index is 1.44. The third-order valence-electron chi connectivity index (χ3n) is 3.50. The zero-order chi connectivity index (χ0) is 17.9. The Bertz CT molecular complexity index is 1030. The van der Waals surface area contributed by atoms with E-state index in [1.807, 2.05) is 24.3 Å². The van der Waals surface area contributed by atoms with Gasteiger partial charge >= 0.3 is 0 Å². The van der Waals surface area contributed by atoms with Crippen LogP contribution in [-0.2, 0) is 5.75 Å². The number of aromatic nitrogens is 3. The second-order valence-corrected chi connectivity index (χ2v) is 7.05. The lowest BCUT2D eigenvalue weighted by atomic mass is 10.2. The predicted molar refractivity (Wildman–Crippen MR) is 98.9 cm³/mol. The lowest BCUT2D eigenvalue weighted by Gasteiger charge is -1.97. The molecule has 0 radical (unpaired) electrons. The lowest BCUT2D eigenvalue weighted by molar-refractivity contribution is 0.464. The normalized spacial score (nSPS) is 11.0. The van der Waals surface area contributed by atoms with E-state index in [2.05, 4.69) is 31.1 Å². The van der Waals surface area contributed by atoms with Crippen molar-refractivity contribution in [2.45, 2.75) is 11.0 Å². The van der Waals surface area contributed by atoms with Crippen LogP contribution >= 0.6 is 27.7 Å². The van der Waals surface area contributed by atoms with Gasteiger partial charge in [-0.25, -0.2) is 9.37 Å². The Morgan fingerprint density at radius 1 is 1.00 bits per heavy atom. The van der Waals surface area contributed by atoms with Gasteiger partial charge in [-0.3, -0.25) is 0 Å². The molecule has 0 atom stereocenters. The van der Waals surface area contributed by atoms with Crippen molar-refractivity contribution in [1.29, 1.82) is 0 Å². The van der Waals surface area contributed by atoms with Crippen LogP contribution in [0.3, 0.4) is 0 Å². The van der Waals surface area contributed by atoms with Gasteiger partial charge in [-0.2, -0.15) is 0 Å². The average Bonchev–Trinajstić information content (AvgIpc) is 3.30. The van der Waals surface area contributed by atoms with Crippen LogP contribution in [0.2, 0.25) is 0 Å². The number of oxazole rings is 1. The Morgan fingerprint density at radius 2 is 1.81 bits per heavy atom. The monoisotopic (exact) mass is 431 g/mol. The molecule has 2 aromatic heterocycles. The molecule has 0 unspecified atom stereocenters. The van der Waals surface area contributed by atoms with Gasteiger partial charge in [0.2, 0.25) is 11.8 Å². The van der Waals surface area contributed by atoms with E-state index in [-0.39, 0.29) is 5.82 Å². The highest BCUT2D eigenvalue weighted by Gasteiger charge is 2.13. The van der Waals surface area contributed by atoms with Crippen molar-refractivity contribution in [1.82, 2.24) is 15.2 Å². The summed E-state index contributed by atoms with van der Waals surface area (Å²) in [6.45, 7) is 0. The Kier molecular flexibility index (Phi) is 4.85. The van der Waals surface area contributed by atoms with E-state index in [0.717, 1.165) is 15.6 Å². The van der Waals surface area contributed by atoms with E-state index < -0.39 is 0 Å². The maximum atomic E-state index is 13.0. The minimum absolute atomic E-state index is 0.292. The topological polar surface area (TPSA) is 65.0 Å². The number of nitrogens with zero attached hydrogens (tertiary/aromatic N) is 3. The van der Waals surface area contributed by atoms with Gasteiger partial charge in [-0.15, -0.1) is 10.2 Å². The minimum atomic E-state index is -0.292. The van der Waals surface area contributed by atoms with Crippen LogP contribution < -0.4 is 0 Å². The van der Waals surface area contributed by atoms with Gasteiger partial charge in [0, 0.05) is 10.0 Å². The van der Waals surface area contributed by atoms with Crippen molar-refractivity contribution < 1.29 is 13.2 Å². The van der Waals surface area contributed by atoms with Crippen molar-refractivity contribution in [3.05, 3.63) is 70.9 Å². The third-order valence-corrected chi connectivity index (χ3v) is 5.02. The van der Waals surface area contributed by atoms with Gasteiger partial charge in [-0.1, -0.05) is 23.9 Å². The largest absolute Gasteiger partial charge is 0.431 e. The van der Waals surface area contributed by atoms with Crippen LogP contribution in [0.4, 0.5) is 4.39 Å². The molecule has 0 aliphatic heterocycles. The molecule has 0 aliphatic carbocycles. The Hall–Kier alpha value is -2.45. The number of benzene rings is 2. The van der Waals surface area contributed by atoms with Crippen LogP contribution in [0.1, 0.15) is 5.89 Å². The highest BCUT2D eigenvalue weighted by atomic mass is 79.9. The molecule has 0 saturated carbocycles. The second kappa shape index (κ2) is 7.43. The van der Waals surface area contributed by atoms with Gasteiger partial charge < -0.3 is 8.83 Å². The molecule has 0 fully saturated rings. The Labute approximate surface area is 160 Å². The summed E-state index contributed by atoms with van der Waals surface area (Å²) in [5.74, 6) is 1.64. The second-order valence-electron chi connectivity index (χ2n) is 5.27. The maximum absolute atomic E-state index is 13.0. The molecule has 130 valence electrons. The number of rotatable bonds is 5. The lowest BCUT2D eigenvalue weighted by Crippen LogP contribution is -1.80.